The van der Waals surface area contributed by atoms with Crippen LogP contribution in [0.25, 0.3) is 16.7 Å². The lowest BCUT2D eigenvalue weighted by atomic mass is 9.75. The summed E-state index contributed by atoms with van der Waals surface area (Å²) >= 11 is 0. The third kappa shape index (κ3) is 5.27. The predicted octanol–water partition coefficient (Wildman–Crippen LogP) is 3.57. The van der Waals surface area contributed by atoms with Crippen molar-refractivity contribution in [2.75, 3.05) is 28.2 Å². The van der Waals surface area contributed by atoms with E-state index in [0.717, 1.165) is 0 Å². The highest BCUT2D eigenvalue weighted by Crippen LogP contribution is 2.54. The first kappa shape index (κ1) is 37.0. The summed E-state index contributed by atoms with van der Waals surface area (Å²) in [6, 6.07) is 4.00. The number of aromatic hydroxyl groups is 1. The maximum absolute atomic E-state index is 15.1. The lowest BCUT2D eigenvalue weighted by Gasteiger charge is -2.49. The zero-order chi connectivity index (χ0) is 39.1. The quantitative estimate of drug-likeness (QED) is 0.245. The molecule has 13 heteroatoms. The summed E-state index contributed by atoms with van der Waals surface area (Å²) in [7, 11) is 7.34. The van der Waals surface area contributed by atoms with Crippen LogP contribution in [-0.2, 0) is 24.5 Å². The Balaban J connectivity index is 1.37. The maximum Gasteiger partial charge on any atom is 0.202 e. The number of phenolic OH excluding ortho intramolecular Hbond substituents is 1. The van der Waals surface area contributed by atoms with Gasteiger partial charge in [0.1, 0.15) is 47.3 Å². The molecule has 0 bridgehead atoms. The number of aliphatic hydroxyl groups excluding tert-OH is 2. The molecule has 13 nitrogen and oxygen atoms in total. The zero-order valence-electron chi connectivity index (χ0n) is 32.2. The van der Waals surface area contributed by atoms with Crippen LogP contribution in [-0.4, -0.2) is 119 Å². The Kier molecular flexibility index (Phi) is 8.41. The number of aryl methyl sites for hydroxylation is 1. The van der Waals surface area contributed by atoms with E-state index in [-0.39, 0.29) is 80.6 Å². The van der Waals surface area contributed by atoms with Crippen molar-refractivity contribution in [1.29, 1.82) is 0 Å². The highest BCUT2D eigenvalue weighted by molar-refractivity contribution is 6.33. The molecule has 2 aromatic carbocycles. The van der Waals surface area contributed by atoms with Gasteiger partial charge in [0.05, 0.1) is 47.0 Å². The van der Waals surface area contributed by atoms with Crippen LogP contribution in [0.2, 0.25) is 0 Å². The molecule has 0 radical (unpaired) electrons. The SMILES string of the molecule is Cc1cc2c(c3oc([C@]4(C)O[C@H]4[C@@H]4O[C@H]4C)cc(=O)c13)C(=O)c1c(O)c([C@H]3C[C@](C)(N(C)C)[C@H](O)[C@H](C)O3)cc(C3=C[C@@H](N(C)C)[C@H](O)[C@@H](C)O3)c1C2=O. The molecule has 1 aromatic heterocycles. The molecule has 0 saturated carbocycles. The van der Waals surface area contributed by atoms with Crippen LogP contribution >= 0.6 is 0 Å². The molecule has 54 heavy (non-hydrogen) atoms. The third-order valence-electron chi connectivity index (χ3n) is 12.6. The van der Waals surface area contributed by atoms with Crippen LogP contribution in [0.3, 0.4) is 0 Å². The molecular weight excluding hydrogens is 696 g/mol. The van der Waals surface area contributed by atoms with Gasteiger partial charge in [-0.05, 0) is 99.9 Å². The second kappa shape index (κ2) is 12.3. The molecular formula is C41H48N2O11. The molecule has 288 valence electrons. The number of ketones is 2. The van der Waals surface area contributed by atoms with E-state index >= 15 is 4.79 Å². The van der Waals surface area contributed by atoms with Crippen LogP contribution in [0.5, 0.6) is 5.75 Å². The number of ether oxygens (including phenoxy) is 4. The molecule has 3 aromatic rings. The number of fused-ring (bicyclic) bond motifs is 4. The number of likely N-dealkylation sites (N-methyl/N-ethyl adjacent to an activating group) is 2. The molecule has 3 N–H and O–H groups in total. The van der Waals surface area contributed by atoms with E-state index in [1.54, 1.807) is 39.8 Å². The first-order valence-electron chi connectivity index (χ1n) is 18.5. The normalized spacial score (nSPS) is 35.9. The Morgan fingerprint density at radius 2 is 1.54 bits per heavy atom. The van der Waals surface area contributed by atoms with Crippen LogP contribution < -0.4 is 5.43 Å². The molecule has 8 rings (SSSR count). The first-order chi connectivity index (χ1) is 25.3. The van der Waals surface area contributed by atoms with Crippen molar-refractivity contribution < 1.29 is 48.3 Å². The van der Waals surface area contributed by atoms with Crippen molar-refractivity contribution in [3.05, 3.63) is 79.2 Å². The summed E-state index contributed by atoms with van der Waals surface area (Å²) in [5.41, 5.74) is -1.78. The van der Waals surface area contributed by atoms with Crippen molar-refractivity contribution in [2.45, 2.75) is 114 Å². The summed E-state index contributed by atoms with van der Waals surface area (Å²) in [6.07, 6.45) is -2.50. The van der Waals surface area contributed by atoms with Gasteiger partial charge >= 0.3 is 0 Å². The fourth-order valence-electron chi connectivity index (χ4n) is 8.82. The molecule has 0 spiro atoms. The van der Waals surface area contributed by atoms with Gasteiger partial charge in [-0.2, -0.15) is 0 Å². The van der Waals surface area contributed by atoms with E-state index in [0.29, 0.717) is 5.56 Å². The number of carbonyl (C=O) groups is 2. The van der Waals surface area contributed by atoms with Gasteiger partial charge in [0.2, 0.25) is 5.78 Å². The second-order valence-electron chi connectivity index (χ2n) is 16.5. The largest absolute Gasteiger partial charge is 0.507 e. The summed E-state index contributed by atoms with van der Waals surface area (Å²) in [5.74, 6) is -1.28. The minimum atomic E-state index is -0.977. The predicted molar refractivity (Wildman–Crippen MR) is 197 cm³/mol. The number of hydrogen-bond acceptors (Lipinski definition) is 13. The minimum Gasteiger partial charge on any atom is -0.507 e. The average molecular weight is 745 g/mol. The molecule has 0 unspecified atom stereocenters. The van der Waals surface area contributed by atoms with Gasteiger partial charge in [-0.3, -0.25) is 14.4 Å². The molecule has 0 amide bonds. The van der Waals surface area contributed by atoms with E-state index in [2.05, 4.69) is 0 Å². The fourth-order valence-corrected chi connectivity index (χ4v) is 8.82. The summed E-state index contributed by atoms with van der Waals surface area (Å²) in [6.45, 7) is 10.8. The van der Waals surface area contributed by atoms with E-state index in [1.165, 1.54) is 12.1 Å². The van der Waals surface area contributed by atoms with Gasteiger partial charge in [0.25, 0.3) is 0 Å². The van der Waals surface area contributed by atoms with E-state index in [9.17, 15) is 24.9 Å². The summed E-state index contributed by atoms with van der Waals surface area (Å²) < 4.78 is 30.7. The number of rotatable bonds is 6. The van der Waals surface area contributed by atoms with Gasteiger partial charge < -0.3 is 48.5 Å². The Hall–Kier alpha value is -3.95. The van der Waals surface area contributed by atoms with Crippen molar-refractivity contribution >= 4 is 28.3 Å². The topological polar surface area (TPSA) is 175 Å². The number of nitrogens with zero attached hydrogens (tertiary/aromatic N) is 2. The number of benzene rings is 2. The van der Waals surface area contributed by atoms with Gasteiger partial charge in [0.15, 0.2) is 16.8 Å². The smallest absolute Gasteiger partial charge is 0.202 e. The fraction of sp³-hybridized carbons (Fsp3) is 0.537. The molecule has 1 aliphatic carbocycles. The van der Waals surface area contributed by atoms with Gasteiger partial charge in [-0.25, -0.2) is 0 Å². The van der Waals surface area contributed by atoms with Crippen LogP contribution in [0, 0.1) is 6.92 Å². The highest BCUT2D eigenvalue weighted by atomic mass is 16.7. The van der Waals surface area contributed by atoms with Crippen molar-refractivity contribution in [2.24, 2.45) is 0 Å². The average Bonchev–Trinajstić information content (AvgIpc) is 4.01. The molecule has 11 atom stereocenters. The Morgan fingerprint density at radius 3 is 2.17 bits per heavy atom. The number of carbonyl (C=O) groups excluding carboxylic acids is 2. The monoisotopic (exact) mass is 744 g/mol. The van der Waals surface area contributed by atoms with Gasteiger partial charge in [0, 0.05) is 33.9 Å². The van der Waals surface area contributed by atoms with Gasteiger partial charge in [-0.15, -0.1) is 0 Å². The molecule has 4 aliphatic heterocycles. The molecule has 5 heterocycles. The number of phenols is 1. The summed E-state index contributed by atoms with van der Waals surface area (Å²) in [5, 5.41) is 34.7. The van der Waals surface area contributed by atoms with Crippen LogP contribution in [0.1, 0.15) is 101 Å². The number of aliphatic hydroxyl groups is 2. The first-order valence-corrected chi connectivity index (χ1v) is 18.5. The second-order valence-corrected chi connectivity index (χ2v) is 16.5. The number of hydrogen-bond donors (Lipinski definition) is 3. The van der Waals surface area contributed by atoms with Crippen molar-refractivity contribution in [3.8, 4) is 5.75 Å². The highest BCUT2D eigenvalue weighted by Gasteiger charge is 2.66. The van der Waals surface area contributed by atoms with Crippen molar-refractivity contribution in [3.63, 3.8) is 0 Å². The Labute approximate surface area is 313 Å². The van der Waals surface area contributed by atoms with Crippen LogP contribution in [0.4, 0.5) is 0 Å². The van der Waals surface area contributed by atoms with Crippen molar-refractivity contribution in [1.82, 2.24) is 9.80 Å². The van der Waals surface area contributed by atoms with E-state index in [4.69, 9.17) is 23.4 Å². The van der Waals surface area contributed by atoms with E-state index < -0.39 is 70.4 Å². The third-order valence-corrected chi connectivity index (χ3v) is 12.6. The lowest BCUT2D eigenvalue weighted by molar-refractivity contribution is -0.176. The zero-order valence-corrected chi connectivity index (χ0v) is 32.2. The van der Waals surface area contributed by atoms with E-state index in [1.807, 2.05) is 51.8 Å². The van der Waals surface area contributed by atoms with Crippen LogP contribution in [0.15, 0.2) is 33.5 Å². The lowest BCUT2D eigenvalue weighted by Crippen LogP contribution is -2.59. The maximum atomic E-state index is 15.1. The molecule has 5 aliphatic rings. The van der Waals surface area contributed by atoms with Gasteiger partial charge in [-0.1, -0.05) is 0 Å². The Morgan fingerprint density at radius 1 is 0.852 bits per heavy atom. The molecule has 3 saturated heterocycles. The standard InChI is InChI=1S/C41H48N2O11/c1-16-11-22-30(37-28(16)24(44)14-27(53-37)41(6)39(54-41)36-18(3)52-36)35(48)31-29(34(22)47)20(25-13-23(42(7)8)32(45)17(2)50-25)12-21(33(31)46)26-15-40(5,43(9)10)38(49)19(4)51-26/h11-14,17-19,23,26,32,36,38-39,45-46,49H,15H2,1-10H3/t17-,18+,19+,23-,26-,32-,36-,38-,39+,40+,41+/m1/s1. The minimum absolute atomic E-state index is 0.00132. The summed E-state index contributed by atoms with van der Waals surface area (Å²) in [4.78, 5) is 47.6. The number of epoxide rings is 2. The Bertz CT molecular complexity index is 2230. The molecule has 3 fully saturated rings.